The second-order valence-electron chi connectivity index (χ2n) is 7.14. The fourth-order valence-electron chi connectivity index (χ4n) is 2.12. The highest BCUT2D eigenvalue weighted by Crippen LogP contribution is 2.25. The zero-order valence-electron chi connectivity index (χ0n) is 14.9. The number of alkyl carbamates (subject to hydrolysis) is 1. The second kappa shape index (κ2) is 7.19. The third-order valence-electron chi connectivity index (χ3n) is 3.04. The van der Waals surface area contributed by atoms with E-state index in [1.807, 2.05) is 0 Å². The Morgan fingerprint density at radius 1 is 1.21 bits per heavy atom. The van der Waals surface area contributed by atoms with Crippen LogP contribution in [0.25, 0.3) is 0 Å². The summed E-state index contributed by atoms with van der Waals surface area (Å²) in [5.74, 6) is -6.00. The van der Waals surface area contributed by atoms with Crippen LogP contribution in [0.15, 0.2) is 0 Å². The summed E-state index contributed by atoms with van der Waals surface area (Å²) < 4.78 is 15.0. The van der Waals surface area contributed by atoms with Gasteiger partial charge in [-0.15, -0.1) is 0 Å². The van der Waals surface area contributed by atoms with Crippen molar-refractivity contribution in [3.63, 3.8) is 0 Å². The van der Waals surface area contributed by atoms with Gasteiger partial charge in [0.1, 0.15) is 0 Å². The molecule has 24 heavy (non-hydrogen) atoms. The Labute approximate surface area is 141 Å². The van der Waals surface area contributed by atoms with Gasteiger partial charge in [0.2, 0.25) is 5.92 Å². The van der Waals surface area contributed by atoms with Crippen molar-refractivity contribution in [1.82, 2.24) is 5.32 Å². The maximum Gasteiger partial charge on any atom is 0.408 e. The summed E-state index contributed by atoms with van der Waals surface area (Å²) in [6.07, 6.45) is -1.34. The van der Waals surface area contributed by atoms with Crippen LogP contribution in [0, 0.1) is 5.92 Å². The largest absolute Gasteiger partial charge is 0.438 e. The molecule has 1 rings (SSSR count). The Morgan fingerprint density at radius 3 is 2.12 bits per heavy atom. The van der Waals surface area contributed by atoms with E-state index in [-0.39, 0.29) is 6.42 Å². The van der Waals surface area contributed by atoms with Crippen molar-refractivity contribution in [1.29, 1.82) is 0 Å². The molecular formula is C16H25NO7. The van der Waals surface area contributed by atoms with Gasteiger partial charge in [0, 0.05) is 19.4 Å². The normalized spacial score (nSPS) is 19.1. The van der Waals surface area contributed by atoms with Crippen molar-refractivity contribution in [2.45, 2.75) is 71.8 Å². The topological polar surface area (TPSA) is 108 Å². The summed E-state index contributed by atoms with van der Waals surface area (Å²) in [7, 11) is 0. The molecule has 0 radical (unpaired) electrons. The minimum Gasteiger partial charge on any atom is -0.438 e. The summed E-state index contributed by atoms with van der Waals surface area (Å²) in [5.41, 5.74) is -0.552. The van der Waals surface area contributed by atoms with E-state index in [1.165, 1.54) is 13.8 Å². The number of carbonyl (C=O) groups is 4. The summed E-state index contributed by atoms with van der Waals surface area (Å²) >= 11 is 0. The van der Waals surface area contributed by atoms with Gasteiger partial charge in [-0.1, -0.05) is 13.3 Å². The quantitative estimate of drug-likeness (QED) is 0.598. The van der Waals surface area contributed by atoms with Crippen LogP contribution in [0.5, 0.6) is 0 Å². The van der Waals surface area contributed by atoms with Crippen molar-refractivity contribution >= 4 is 23.8 Å². The molecule has 1 N–H and O–H groups in total. The number of esters is 2. The van der Waals surface area contributed by atoms with Gasteiger partial charge in [-0.05, 0) is 27.2 Å². The van der Waals surface area contributed by atoms with Crippen molar-refractivity contribution in [3.05, 3.63) is 0 Å². The van der Waals surface area contributed by atoms with Gasteiger partial charge in [-0.2, -0.15) is 0 Å². The molecule has 1 aliphatic heterocycles. The Morgan fingerprint density at radius 2 is 1.71 bits per heavy atom. The lowest BCUT2D eigenvalue weighted by atomic mass is 9.96. The van der Waals surface area contributed by atoms with Crippen LogP contribution >= 0.6 is 0 Å². The fraction of sp³-hybridized carbons (Fsp3) is 0.750. The molecule has 0 bridgehead atoms. The van der Waals surface area contributed by atoms with Crippen molar-refractivity contribution in [2.24, 2.45) is 5.92 Å². The fourth-order valence-corrected chi connectivity index (χ4v) is 2.12. The highest BCUT2D eigenvalue weighted by Gasteiger charge is 2.49. The second-order valence-corrected chi connectivity index (χ2v) is 7.14. The van der Waals surface area contributed by atoms with Gasteiger partial charge in [0.05, 0.1) is 0 Å². The molecule has 0 saturated carbocycles. The first kappa shape index (κ1) is 19.9. The number of hydrogen-bond donors (Lipinski definition) is 1. The van der Waals surface area contributed by atoms with Gasteiger partial charge in [-0.3, -0.25) is 14.4 Å². The lowest BCUT2D eigenvalue weighted by Gasteiger charge is -2.33. The highest BCUT2D eigenvalue weighted by molar-refractivity contribution is 6.17. The molecule has 1 fully saturated rings. The molecule has 8 heteroatoms. The molecule has 1 atom stereocenters. The molecule has 0 aliphatic carbocycles. The molecule has 136 valence electrons. The maximum absolute atomic E-state index is 12.5. The van der Waals surface area contributed by atoms with Gasteiger partial charge in [-0.25, -0.2) is 4.79 Å². The number of cyclic esters (lactones) is 2. The molecule has 0 unspecified atom stereocenters. The van der Waals surface area contributed by atoms with Crippen LogP contribution < -0.4 is 5.32 Å². The molecule has 8 nitrogen and oxygen atoms in total. The Bertz CT molecular complexity index is 513. The van der Waals surface area contributed by atoms with Crippen LogP contribution in [0.2, 0.25) is 0 Å². The first-order valence-electron chi connectivity index (χ1n) is 7.84. The number of rotatable bonds is 5. The number of ether oxygens (including phenoxy) is 3. The van der Waals surface area contributed by atoms with Crippen LogP contribution in [-0.2, 0) is 28.6 Å². The predicted molar refractivity (Wildman–Crippen MR) is 82.8 cm³/mol. The summed E-state index contributed by atoms with van der Waals surface area (Å²) in [5, 5.41) is 2.56. The van der Waals surface area contributed by atoms with E-state index in [0.29, 0.717) is 6.42 Å². The zero-order valence-corrected chi connectivity index (χ0v) is 14.9. The minimum atomic E-state index is -1.74. The molecule has 1 amide bonds. The molecule has 0 aromatic carbocycles. The summed E-state index contributed by atoms with van der Waals surface area (Å²) in [6.45, 7) is 9.82. The number of ketones is 1. The first-order valence-corrected chi connectivity index (χ1v) is 7.84. The lowest BCUT2D eigenvalue weighted by molar-refractivity contribution is -0.239. The molecule has 1 saturated heterocycles. The number of hydrogen-bond acceptors (Lipinski definition) is 7. The van der Waals surface area contributed by atoms with E-state index < -0.39 is 47.2 Å². The van der Waals surface area contributed by atoms with E-state index in [1.54, 1.807) is 27.7 Å². The summed E-state index contributed by atoms with van der Waals surface area (Å²) in [4.78, 5) is 48.4. The number of amides is 1. The molecular weight excluding hydrogens is 318 g/mol. The average molecular weight is 343 g/mol. The molecule has 1 aliphatic rings. The van der Waals surface area contributed by atoms with Gasteiger partial charge in [0.25, 0.3) is 5.79 Å². The van der Waals surface area contributed by atoms with Crippen molar-refractivity contribution < 1.29 is 33.4 Å². The average Bonchev–Trinajstić information content (AvgIpc) is 2.33. The smallest absolute Gasteiger partial charge is 0.408 e. The minimum absolute atomic E-state index is 0.177. The Kier molecular flexibility index (Phi) is 5.97. The number of Topliss-reactive ketones (excluding diaryl/α,β-unsaturated/α-hetero) is 1. The van der Waals surface area contributed by atoms with Crippen LogP contribution in [0.3, 0.4) is 0 Å². The first-order chi connectivity index (χ1) is 10.9. The lowest BCUT2D eigenvalue weighted by Crippen LogP contribution is -2.52. The standard InChI is InChI=1S/C16H25NO7/c1-7-8-9(22-14(21)17-15(2,3)4)11(18)10-12(19)23-16(5,6)24-13(10)20/h9-10H,7-8H2,1-6H3,(H,17,21)/t9-/m0/s1. The van der Waals surface area contributed by atoms with Gasteiger partial charge < -0.3 is 19.5 Å². The third kappa shape index (κ3) is 5.50. The van der Waals surface area contributed by atoms with Crippen molar-refractivity contribution in [3.8, 4) is 0 Å². The van der Waals surface area contributed by atoms with Gasteiger partial charge in [0.15, 0.2) is 11.9 Å². The predicted octanol–water partition coefficient (Wildman–Crippen LogP) is 1.70. The van der Waals surface area contributed by atoms with E-state index in [0.717, 1.165) is 0 Å². The van der Waals surface area contributed by atoms with E-state index >= 15 is 0 Å². The molecule has 0 aromatic heterocycles. The molecule has 1 heterocycles. The number of carbonyl (C=O) groups excluding carboxylic acids is 4. The van der Waals surface area contributed by atoms with Crippen LogP contribution in [0.1, 0.15) is 54.4 Å². The molecule has 0 spiro atoms. The van der Waals surface area contributed by atoms with Crippen LogP contribution in [0.4, 0.5) is 4.79 Å². The highest BCUT2D eigenvalue weighted by atomic mass is 16.7. The zero-order chi connectivity index (χ0) is 18.7. The SMILES string of the molecule is CCC[C@H](OC(=O)NC(C)(C)C)C(=O)C1C(=O)OC(C)(C)OC1=O. The summed E-state index contributed by atoms with van der Waals surface area (Å²) in [6, 6.07) is 0. The maximum atomic E-state index is 12.5. The molecule has 0 aromatic rings. The van der Waals surface area contributed by atoms with E-state index in [2.05, 4.69) is 5.32 Å². The van der Waals surface area contributed by atoms with Crippen LogP contribution in [-0.4, -0.2) is 41.2 Å². The Balaban J connectivity index is 2.88. The Hall–Kier alpha value is -2.12. The number of nitrogens with one attached hydrogen (secondary N) is 1. The van der Waals surface area contributed by atoms with Gasteiger partial charge >= 0.3 is 18.0 Å². The third-order valence-corrected chi connectivity index (χ3v) is 3.04. The van der Waals surface area contributed by atoms with Crippen molar-refractivity contribution in [2.75, 3.05) is 0 Å². The van der Waals surface area contributed by atoms with E-state index in [4.69, 9.17) is 14.2 Å². The van der Waals surface area contributed by atoms with E-state index in [9.17, 15) is 19.2 Å². The monoisotopic (exact) mass is 343 g/mol.